The Kier molecular flexibility index (Phi) is 8.22. The van der Waals surface area contributed by atoms with Crippen LogP contribution in [0.4, 0.5) is 28.4 Å². The Labute approximate surface area is 398 Å². The molecule has 0 aromatic heterocycles. The molecule has 0 spiro atoms. The molecular weight excluding hydrogens is 808 g/mol. The van der Waals surface area contributed by atoms with Crippen LogP contribution in [0.1, 0.15) is 125 Å². The number of nitrogens with zero attached hydrogens (tertiary/aromatic N) is 2. The number of hydrogen-bond acceptors (Lipinski definition) is 2. The van der Waals surface area contributed by atoms with Crippen molar-refractivity contribution >= 4 is 46.2 Å². The third kappa shape index (κ3) is 5.29. The lowest BCUT2D eigenvalue weighted by Gasteiger charge is -2.52. The largest absolute Gasteiger partial charge is 0.376 e. The third-order valence-corrected chi connectivity index (χ3v) is 17.1. The van der Waals surface area contributed by atoms with Crippen LogP contribution in [0.3, 0.4) is 0 Å². The molecule has 0 amide bonds. The molecule has 0 bridgehead atoms. The maximum absolute atomic E-state index is 2.83. The van der Waals surface area contributed by atoms with Gasteiger partial charge in [0.2, 0.25) is 0 Å². The molecule has 328 valence electrons. The summed E-state index contributed by atoms with van der Waals surface area (Å²) in [4.78, 5) is 5.51. The van der Waals surface area contributed by atoms with Crippen LogP contribution in [0.25, 0.3) is 22.3 Å². The van der Waals surface area contributed by atoms with Crippen LogP contribution in [0.2, 0.25) is 0 Å². The zero-order valence-corrected chi connectivity index (χ0v) is 40.6. The number of anilines is 5. The van der Waals surface area contributed by atoms with Crippen molar-refractivity contribution in [3.8, 4) is 22.3 Å². The van der Waals surface area contributed by atoms with Crippen molar-refractivity contribution < 1.29 is 0 Å². The van der Waals surface area contributed by atoms with Gasteiger partial charge in [-0.1, -0.05) is 208 Å². The second-order valence-electron chi connectivity index (χ2n) is 23.1. The van der Waals surface area contributed by atoms with Crippen molar-refractivity contribution in [1.82, 2.24) is 0 Å². The molecule has 0 radical (unpaired) electrons. The van der Waals surface area contributed by atoms with Gasteiger partial charge in [0.15, 0.2) is 0 Å². The summed E-state index contributed by atoms with van der Waals surface area (Å²) in [5, 5.41) is 0. The summed E-state index contributed by atoms with van der Waals surface area (Å²) in [5.74, 6) is 0. The number of rotatable bonds is 3. The molecule has 0 saturated heterocycles. The SMILES string of the molecule is CC(C)(C)c1cc2c3c(c1)N1c4ccccc4C(c4ccccc4)(c4ccccc4)c4cccc(c41)B3N(c1ccc3c(c1)C(C)(C)CCC3(C)C)c1c-2ccc2c1-c1ccccc1C2(C)C. The number of hydrogen-bond donors (Lipinski definition) is 0. The normalized spacial score (nSPS) is 17.9. The van der Waals surface area contributed by atoms with Crippen molar-refractivity contribution in [1.29, 1.82) is 0 Å². The van der Waals surface area contributed by atoms with Gasteiger partial charge >= 0.3 is 6.85 Å². The monoisotopic (exact) mass is 866 g/mol. The fraction of sp³-hybridized carbons (Fsp3) is 0.250. The van der Waals surface area contributed by atoms with E-state index in [0.717, 1.165) is 6.42 Å². The zero-order chi connectivity index (χ0) is 46.0. The van der Waals surface area contributed by atoms with E-state index in [1.807, 2.05) is 0 Å². The van der Waals surface area contributed by atoms with Gasteiger partial charge in [-0.05, 0) is 125 Å². The van der Waals surface area contributed by atoms with Gasteiger partial charge in [-0.15, -0.1) is 0 Å². The quantitative estimate of drug-likeness (QED) is 0.163. The van der Waals surface area contributed by atoms with Gasteiger partial charge in [-0.25, -0.2) is 0 Å². The van der Waals surface area contributed by atoms with E-state index in [4.69, 9.17) is 0 Å². The van der Waals surface area contributed by atoms with E-state index in [9.17, 15) is 0 Å². The molecule has 0 fully saturated rings. The smallest absolute Gasteiger partial charge is 0.333 e. The molecule has 8 aromatic rings. The van der Waals surface area contributed by atoms with E-state index >= 15 is 0 Å². The summed E-state index contributed by atoms with van der Waals surface area (Å²) >= 11 is 0. The van der Waals surface area contributed by atoms with E-state index in [1.165, 1.54) is 118 Å². The van der Waals surface area contributed by atoms with Crippen LogP contribution in [-0.2, 0) is 27.1 Å². The second-order valence-corrected chi connectivity index (χ2v) is 23.1. The van der Waals surface area contributed by atoms with Gasteiger partial charge in [-0.3, -0.25) is 0 Å². The molecule has 13 rings (SSSR count). The summed E-state index contributed by atoms with van der Waals surface area (Å²) < 4.78 is 0. The Morgan fingerprint density at radius 3 is 1.78 bits per heavy atom. The molecule has 0 atom stereocenters. The average molecular weight is 867 g/mol. The Balaban J connectivity index is 1.22. The standard InChI is InChI=1S/C64H59BN2/c1-60(2,3)42-37-46-44-32-34-50-56(45-25-16-17-26-47(45)63(50,8)9)58(44)67(43-31-33-48-52(39-43)62(6,7)36-35-61(48,4)5)65-53-29-20-28-51-59(53)66(55(38-42)57(46)65)54-30-19-18-27-49(54)64(51,40-21-12-10-13-22-40)41-23-14-11-15-24-41/h10-34,37-39H,35-36H2,1-9H3. The Hall–Kier alpha value is -6.58. The Morgan fingerprint density at radius 2 is 1.07 bits per heavy atom. The molecule has 8 aromatic carbocycles. The highest BCUT2D eigenvalue weighted by Crippen LogP contribution is 2.62. The van der Waals surface area contributed by atoms with Gasteiger partial charge < -0.3 is 9.71 Å². The van der Waals surface area contributed by atoms with Gasteiger partial charge in [0, 0.05) is 39.3 Å². The molecule has 67 heavy (non-hydrogen) atoms. The van der Waals surface area contributed by atoms with E-state index in [0.29, 0.717) is 0 Å². The summed E-state index contributed by atoms with van der Waals surface area (Å²) in [6, 6.07) is 66.2. The van der Waals surface area contributed by atoms with Crippen molar-refractivity contribution in [2.24, 2.45) is 0 Å². The number of benzene rings is 8. The van der Waals surface area contributed by atoms with Crippen molar-refractivity contribution in [3.05, 3.63) is 220 Å². The Morgan fingerprint density at radius 1 is 0.463 bits per heavy atom. The molecule has 0 N–H and O–H groups in total. The second kappa shape index (κ2) is 13.5. The maximum Gasteiger partial charge on any atom is 0.333 e. The lowest BCUT2D eigenvalue weighted by molar-refractivity contribution is 0.332. The van der Waals surface area contributed by atoms with E-state index in [1.54, 1.807) is 0 Å². The average Bonchev–Trinajstić information content (AvgIpc) is 3.57. The minimum atomic E-state index is -0.577. The van der Waals surface area contributed by atoms with Crippen molar-refractivity contribution in [2.45, 2.75) is 102 Å². The molecule has 0 unspecified atom stereocenters. The lowest BCUT2D eigenvalue weighted by atomic mass is 9.42. The first kappa shape index (κ1) is 40.7. The van der Waals surface area contributed by atoms with Gasteiger partial charge in [0.1, 0.15) is 0 Å². The maximum atomic E-state index is 2.83. The molecule has 0 saturated carbocycles. The fourth-order valence-corrected chi connectivity index (χ4v) is 13.6. The molecule has 5 aliphatic rings. The molecule has 3 aliphatic heterocycles. The first-order valence-corrected chi connectivity index (χ1v) is 24.7. The van der Waals surface area contributed by atoms with Crippen LogP contribution in [0.15, 0.2) is 170 Å². The Bertz CT molecular complexity index is 3350. The molecule has 3 heteroatoms. The van der Waals surface area contributed by atoms with Gasteiger partial charge in [0.25, 0.3) is 0 Å². The predicted octanol–water partition coefficient (Wildman–Crippen LogP) is 15.0. The van der Waals surface area contributed by atoms with Crippen LogP contribution >= 0.6 is 0 Å². The van der Waals surface area contributed by atoms with E-state index in [-0.39, 0.29) is 28.5 Å². The number of fused-ring (bicyclic) bond motifs is 11. The van der Waals surface area contributed by atoms with Gasteiger partial charge in [-0.2, -0.15) is 0 Å². The first-order valence-electron chi connectivity index (χ1n) is 24.7. The minimum absolute atomic E-state index is 0.0430. The van der Waals surface area contributed by atoms with Gasteiger partial charge in [0.05, 0.1) is 11.1 Å². The van der Waals surface area contributed by atoms with Crippen LogP contribution in [-0.4, -0.2) is 6.85 Å². The summed E-state index contributed by atoms with van der Waals surface area (Å²) in [5.41, 5.74) is 26.1. The highest BCUT2D eigenvalue weighted by Gasteiger charge is 2.54. The number of para-hydroxylation sites is 2. The molecule has 3 heterocycles. The van der Waals surface area contributed by atoms with E-state index < -0.39 is 5.41 Å². The van der Waals surface area contributed by atoms with Crippen LogP contribution in [0.5, 0.6) is 0 Å². The zero-order valence-electron chi connectivity index (χ0n) is 40.6. The highest BCUT2D eigenvalue weighted by molar-refractivity contribution is 6.93. The summed E-state index contributed by atoms with van der Waals surface area (Å²) in [7, 11) is 0. The third-order valence-electron chi connectivity index (χ3n) is 17.1. The molecule has 2 nitrogen and oxygen atoms in total. The fourth-order valence-electron chi connectivity index (χ4n) is 13.6. The topological polar surface area (TPSA) is 6.48 Å². The predicted molar refractivity (Wildman–Crippen MR) is 284 cm³/mol. The van der Waals surface area contributed by atoms with Crippen LogP contribution < -0.4 is 20.6 Å². The first-order chi connectivity index (χ1) is 32.1. The molecule has 2 aliphatic carbocycles. The minimum Gasteiger partial charge on any atom is -0.376 e. The van der Waals surface area contributed by atoms with Crippen LogP contribution in [0, 0.1) is 0 Å². The molecular formula is C64H59BN2. The highest BCUT2D eigenvalue weighted by atomic mass is 15.2. The summed E-state index contributed by atoms with van der Waals surface area (Å²) in [6.07, 6.45) is 2.35. The lowest BCUT2D eigenvalue weighted by Crippen LogP contribution is -2.63. The van der Waals surface area contributed by atoms with Crippen molar-refractivity contribution in [2.75, 3.05) is 9.71 Å². The van der Waals surface area contributed by atoms with E-state index in [2.05, 4.69) is 242 Å². The summed E-state index contributed by atoms with van der Waals surface area (Å²) in [6.45, 7) is 21.8. The van der Waals surface area contributed by atoms with Crippen molar-refractivity contribution in [3.63, 3.8) is 0 Å².